The summed E-state index contributed by atoms with van der Waals surface area (Å²) in [6.45, 7) is 4.36. The first kappa shape index (κ1) is 23.1. The van der Waals surface area contributed by atoms with Crippen LogP contribution in [0.1, 0.15) is 69.8 Å². The molecule has 2 aromatic rings. The monoisotopic (exact) mass is 484 g/mol. The van der Waals surface area contributed by atoms with Crippen molar-refractivity contribution in [3.8, 4) is 0 Å². The van der Waals surface area contributed by atoms with Gasteiger partial charge in [-0.3, -0.25) is 4.98 Å². The molecule has 190 valence electrons. The zero-order chi connectivity index (χ0) is 24.5. The molecule has 2 aliphatic heterocycles. The van der Waals surface area contributed by atoms with Crippen LogP contribution in [0.25, 0.3) is 10.8 Å². The van der Waals surface area contributed by atoms with E-state index < -0.39 is 0 Å². The van der Waals surface area contributed by atoms with E-state index in [1.165, 1.54) is 60.4 Å². The summed E-state index contributed by atoms with van der Waals surface area (Å²) in [5.41, 5.74) is 4.69. The average Bonchev–Trinajstić information content (AvgIpc) is 3.41. The Morgan fingerprint density at radius 2 is 2.06 bits per heavy atom. The maximum Gasteiger partial charge on any atom is 0.0974 e. The van der Waals surface area contributed by atoms with Gasteiger partial charge in [0.2, 0.25) is 0 Å². The summed E-state index contributed by atoms with van der Waals surface area (Å²) < 4.78 is 12.9. The second-order valence-corrected chi connectivity index (χ2v) is 12.6. The number of aromatic nitrogens is 1. The van der Waals surface area contributed by atoms with Crippen LogP contribution in [-0.4, -0.2) is 54.4 Å². The predicted molar refractivity (Wildman–Crippen MR) is 144 cm³/mol. The van der Waals surface area contributed by atoms with Gasteiger partial charge in [0.25, 0.3) is 0 Å². The number of ether oxygens (including phenoxy) is 2. The molecule has 2 spiro atoms. The Hall–Kier alpha value is -2.01. The lowest BCUT2D eigenvalue weighted by Crippen LogP contribution is -2.55. The number of pyridine rings is 1. The number of allylic oxidation sites excluding steroid dienone is 1. The van der Waals surface area contributed by atoms with Crippen molar-refractivity contribution in [1.29, 1.82) is 0 Å². The fraction of sp³-hybridized carbons (Fsp3) is 0.594. The minimum atomic E-state index is -0.0867. The van der Waals surface area contributed by atoms with Crippen molar-refractivity contribution >= 4 is 10.8 Å². The lowest BCUT2D eigenvalue weighted by Gasteiger charge is -2.55. The highest BCUT2D eigenvalue weighted by Gasteiger charge is 2.66. The molecule has 1 aromatic heterocycles. The van der Waals surface area contributed by atoms with E-state index in [0.717, 1.165) is 26.0 Å². The number of fused-ring (bicyclic) bond motifs is 2. The Kier molecular flexibility index (Phi) is 5.30. The topological polar surface area (TPSA) is 34.6 Å². The molecule has 0 N–H and O–H groups in total. The number of benzene rings is 1. The van der Waals surface area contributed by atoms with E-state index in [0.29, 0.717) is 17.9 Å². The largest absolute Gasteiger partial charge is 0.383 e. The Bertz CT molecular complexity index is 1250. The summed E-state index contributed by atoms with van der Waals surface area (Å²) in [6, 6.07) is 9.79. The summed E-state index contributed by atoms with van der Waals surface area (Å²) in [4.78, 5) is 6.90. The van der Waals surface area contributed by atoms with Gasteiger partial charge in [-0.25, -0.2) is 0 Å². The lowest BCUT2D eigenvalue weighted by molar-refractivity contribution is -0.140. The Labute approximate surface area is 215 Å². The number of rotatable bonds is 5. The van der Waals surface area contributed by atoms with Gasteiger partial charge in [0, 0.05) is 37.5 Å². The van der Waals surface area contributed by atoms with Crippen LogP contribution in [0, 0.1) is 11.3 Å². The van der Waals surface area contributed by atoms with Crippen molar-refractivity contribution in [1.82, 2.24) is 9.88 Å². The van der Waals surface area contributed by atoms with Crippen molar-refractivity contribution in [2.24, 2.45) is 11.3 Å². The van der Waals surface area contributed by atoms with Gasteiger partial charge in [0.15, 0.2) is 0 Å². The quantitative estimate of drug-likeness (QED) is 0.490. The van der Waals surface area contributed by atoms with E-state index >= 15 is 0 Å². The number of hydrogen-bond acceptors (Lipinski definition) is 4. The van der Waals surface area contributed by atoms with Crippen LogP contribution in [-0.2, 0) is 9.47 Å². The molecule has 7 rings (SSSR count). The summed E-state index contributed by atoms with van der Waals surface area (Å²) in [5, 5.41) is 2.55. The predicted octanol–water partition coefficient (Wildman–Crippen LogP) is 6.42. The van der Waals surface area contributed by atoms with Gasteiger partial charge < -0.3 is 14.4 Å². The Balaban J connectivity index is 1.21. The van der Waals surface area contributed by atoms with E-state index in [9.17, 15) is 0 Å². The van der Waals surface area contributed by atoms with Crippen molar-refractivity contribution in [3.05, 3.63) is 65.5 Å². The second kappa shape index (κ2) is 8.24. The maximum atomic E-state index is 7.49. The molecule has 0 amide bonds. The second-order valence-electron chi connectivity index (χ2n) is 12.6. The smallest absolute Gasteiger partial charge is 0.0974 e. The Morgan fingerprint density at radius 3 is 2.94 bits per heavy atom. The summed E-state index contributed by atoms with van der Waals surface area (Å²) >= 11 is 0. The minimum absolute atomic E-state index is 0.0491. The molecule has 1 aromatic carbocycles. The fourth-order valence-corrected chi connectivity index (χ4v) is 9.04. The van der Waals surface area contributed by atoms with Gasteiger partial charge in [-0.05, 0) is 110 Å². The Morgan fingerprint density at radius 1 is 1.14 bits per heavy atom. The third-order valence-electron chi connectivity index (χ3n) is 11.0. The minimum Gasteiger partial charge on any atom is -0.383 e. The summed E-state index contributed by atoms with van der Waals surface area (Å²) in [5.74, 6) is 1.16. The highest BCUT2D eigenvalue weighted by atomic mass is 16.5. The van der Waals surface area contributed by atoms with Crippen LogP contribution in [0.2, 0.25) is 0 Å². The van der Waals surface area contributed by atoms with Gasteiger partial charge in [-0.15, -0.1) is 0 Å². The molecule has 3 heterocycles. The van der Waals surface area contributed by atoms with Crippen LogP contribution in [0.3, 0.4) is 0 Å². The zero-order valence-electron chi connectivity index (χ0n) is 22.1. The maximum absolute atomic E-state index is 7.49. The fourth-order valence-electron chi connectivity index (χ4n) is 9.04. The molecule has 1 unspecified atom stereocenters. The average molecular weight is 485 g/mol. The number of likely N-dealkylation sites (N-methyl/N-ethyl adjacent to an activating group) is 1. The van der Waals surface area contributed by atoms with Gasteiger partial charge >= 0.3 is 0 Å². The molecule has 2 bridgehead atoms. The van der Waals surface area contributed by atoms with Crippen molar-refractivity contribution < 1.29 is 9.47 Å². The molecule has 3 aliphatic carbocycles. The molecular formula is C32H40N2O2. The van der Waals surface area contributed by atoms with E-state index in [1.54, 1.807) is 12.7 Å². The molecular weight excluding hydrogens is 444 g/mol. The van der Waals surface area contributed by atoms with Gasteiger partial charge in [-0.1, -0.05) is 31.2 Å². The number of hydrogen-bond donors (Lipinski definition) is 0. The molecule has 6 atom stereocenters. The van der Waals surface area contributed by atoms with Gasteiger partial charge in [0.05, 0.1) is 17.8 Å². The first-order chi connectivity index (χ1) is 17.5. The molecule has 4 heteroatoms. The van der Waals surface area contributed by atoms with Crippen molar-refractivity contribution in [2.45, 2.75) is 81.5 Å². The van der Waals surface area contributed by atoms with E-state index in [1.807, 2.05) is 12.4 Å². The standard InChI is InChI=1S/C32H40N2O2/c1-30-12-10-26-19-25-6-7-27(34(2)16-17-35-3)20-31(25)13-14-32(26,36-31)29(30)9-8-28(30)23-5-4-22-11-15-33-21-24(22)18-23/h4-5,10-11,15,18-19,21,27-29H,6-9,12-14,16-17,20H2,1-3H3/t27?,28-,29-,30-,31-,32-/m1/s1. The van der Waals surface area contributed by atoms with Crippen LogP contribution < -0.4 is 0 Å². The summed E-state index contributed by atoms with van der Waals surface area (Å²) in [7, 11) is 4.07. The molecule has 4 nitrogen and oxygen atoms in total. The third-order valence-corrected chi connectivity index (χ3v) is 11.0. The molecule has 36 heavy (non-hydrogen) atoms. The van der Waals surface area contributed by atoms with E-state index in [4.69, 9.17) is 9.47 Å². The van der Waals surface area contributed by atoms with Crippen LogP contribution in [0.4, 0.5) is 0 Å². The molecule has 0 radical (unpaired) electrons. The molecule has 1 saturated heterocycles. The molecule has 5 aliphatic rings. The lowest BCUT2D eigenvalue weighted by atomic mass is 9.58. The highest BCUT2D eigenvalue weighted by Crippen LogP contribution is 2.69. The number of nitrogens with zero attached hydrogens (tertiary/aromatic N) is 2. The molecule has 2 saturated carbocycles. The normalized spacial score (nSPS) is 38.9. The first-order valence-corrected chi connectivity index (χ1v) is 14.1. The van der Waals surface area contributed by atoms with E-state index in [2.05, 4.69) is 60.3 Å². The zero-order valence-corrected chi connectivity index (χ0v) is 22.1. The third kappa shape index (κ3) is 3.20. The van der Waals surface area contributed by atoms with Crippen molar-refractivity contribution in [2.75, 3.05) is 27.3 Å². The highest BCUT2D eigenvalue weighted by molar-refractivity contribution is 5.82. The SMILES string of the molecule is COCCN(C)C1CCC2=CC3=CC[C@]4(C)[C@@H](c5ccc6ccncc6c5)CC[C@H]4[C@@]34CC[C@]2(C1)O4. The van der Waals surface area contributed by atoms with Crippen LogP contribution in [0.5, 0.6) is 0 Å². The van der Waals surface area contributed by atoms with Gasteiger partial charge in [0.1, 0.15) is 0 Å². The van der Waals surface area contributed by atoms with Crippen LogP contribution >= 0.6 is 0 Å². The molecule has 3 fully saturated rings. The summed E-state index contributed by atoms with van der Waals surface area (Å²) in [6.07, 6.45) is 18.7. The number of methoxy groups -OCH3 is 1. The van der Waals surface area contributed by atoms with E-state index in [-0.39, 0.29) is 16.6 Å². The van der Waals surface area contributed by atoms with Gasteiger partial charge in [-0.2, -0.15) is 0 Å². The van der Waals surface area contributed by atoms with Crippen molar-refractivity contribution in [3.63, 3.8) is 0 Å². The van der Waals surface area contributed by atoms with Crippen LogP contribution in [0.15, 0.2) is 60.0 Å². The first-order valence-electron chi connectivity index (χ1n) is 14.1.